The third-order valence-corrected chi connectivity index (χ3v) is 5.34. The van der Waals surface area contributed by atoms with E-state index < -0.39 is 23.8 Å². The highest BCUT2D eigenvalue weighted by atomic mass is 19.3. The molecule has 1 N–H and O–H groups in total. The second-order valence-electron chi connectivity index (χ2n) is 7.54. The normalized spacial score (nSPS) is 12.4. The summed E-state index contributed by atoms with van der Waals surface area (Å²) < 4.78 is 49.2. The van der Waals surface area contributed by atoms with Gasteiger partial charge in [0.05, 0.1) is 41.5 Å². The van der Waals surface area contributed by atoms with Crippen LogP contribution in [0.1, 0.15) is 36.1 Å². The standard InChI is InChI=1S/C22H21F3N6O2/c1-11-18-16(10-31(21(11)32)13-8-26-30(3)9-13)20(29-22(28-18)33-4)27-12(2)14-6-5-7-15(17(14)23)19(24)25/h5-10,12,19H,1-4H3,(H,27,28,29)/t12-/m1/s1. The van der Waals surface area contributed by atoms with Gasteiger partial charge in [-0.25, -0.2) is 13.2 Å². The summed E-state index contributed by atoms with van der Waals surface area (Å²) in [6, 6.07) is 3.12. The first-order chi connectivity index (χ1) is 15.7. The van der Waals surface area contributed by atoms with Crippen LogP contribution in [0, 0.1) is 12.7 Å². The maximum atomic E-state index is 14.7. The Hall–Kier alpha value is -3.89. The van der Waals surface area contributed by atoms with Crippen molar-refractivity contribution in [2.75, 3.05) is 12.4 Å². The monoisotopic (exact) mass is 458 g/mol. The molecular formula is C22H21F3N6O2. The molecule has 0 aliphatic carbocycles. The molecule has 0 saturated carbocycles. The fourth-order valence-corrected chi connectivity index (χ4v) is 3.61. The van der Waals surface area contributed by atoms with Crippen LogP contribution in [0.4, 0.5) is 19.0 Å². The molecule has 0 amide bonds. The molecule has 0 aliphatic rings. The summed E-state index contributed by atoms with van der Waals surface area (Å²) >= 11 is 0. The molecule has 0 saturated heterocycles. The number of nitrogens with zero attached hydrogens (tertiary/aromatic N) is 5. The average molecular weight is 458 g/mol. The summed E-state index contributed by atoms with van der Waals surface area (Å²) in [7, 11) is 3.11. The van der Waals surface area contributed by atoms with Gasteiger partial charge >= 0.3 is 6.01 Å². The van der Waals surface area contributed by atoms with Gasteiger partial charge in [-0.05, 0) is 13.8 Å². The molecule has 0 aliphatic heterocycles. The molecule has 8 nitrogen and oxygen atoms in total. The Morgan fingerprint density at radius 2 is 1.88 bits per heavy atom. The number of hydrogen-bond donors (Lipinski definition) is 1. The predicted octanol–water partition coefficient (Wildman–Crippen LogP) is 4.08. The zero-order valence-corrected chi connectivity index (χ0v) is 18.3. The highest BCUT2D eigenvalue weighted by molar-refractivity contribution is 5.91. The van der Waals surface area contributed by atoms with E-state index in [1.165, 1.54) is 30.0 Å². The summed E-state index contributed by atoms with van der Waals surface area (Å²) in [6.45, 7) is 3.25. The Balaban J connectivity index is 1.87. The minimum Gasteiger partial charge on any atom is -0.467 e. The highest BCUT2D eigenvalue weighted by Gasteiger charge is 2.22. The van der Waals surface area contributed by atoms with E-state index in [2.05, 4.69) is 20.4 Å². The van der Waals surface area contributed by atoms with Crippen LogP contribution in [0.15, 0.2) is 41.6 Å². The van der Waals surface area contributed by atoms with Crippen molar-refractivity contribution in [1.29, 1.82) is 0 Å². The van der Waals surface area contributed by atoms with Crippen molar-refractivity contribution < 1.29 is 17.9 Å². The molecule has 4 rings (SSSR count). The summed E-state index contributed by atoms with van der Waals surface area (Å²) in [5, 5.41) is 7.63. The van der Waals surface area contributed by atoms with Crippen molar-refractivity contribution in [3.63, 3.8) is 0 Å². The number of anilines is 1. The first-order valence-electron chi connectivity index (χ1n) is 10.0. The van der Waals surface area contributed by atoms with Crippen molar-refractivity contribution in [3.8, 4) is 11.7 Å². The van der Waals surface area contributed by atoms with Gasteiger partial charge in [-0.2, -0.15) is 15.1 Å². The van der Waals surface area contributed by atoms with Crippen LogP contribution < -0.4 is 15.6 Å². The van der Waals surface area contributed by atoms with Gasteiger partial charge in [-0.1, -0.05) is 18.2 Å². The van der Waals surface area contributed by atoms with Crippen LogP contribution in [-0.2, 0) is 7.05 Å². The van der Waals surface area contributed by atoms with E-state index in [-0.39, 0.29) is 23.0 Å². The Morgan fingerprint density at radius 3 is 2.52 bits per heavy atom. The molecule has 3 aromatic heterocycles. The van der Waals surface area contributed by atoms with Crippen molar-refractivity contribution in [3.05, 3.63) is 69.7 Å². The molecule has 3 heterocycles. The van der Waals surface area contributed by atoms with E-state index in [1.54, 1.807) is 38.0 Å². The zero-order valence-electron chi connectivity index (χ0n) is 18.3. The van der Waals surface area contributed by atoms with Crippen molar-refractivity contribution in [1.82, 2.24) is 24.3 Å². The van der Waals surface area contributed by atoms with Crippen LogP contribution >= 0.6 is 0 Å². The van der Waals surface area contributed by atoms with Crippen LogP contribution in [0.2, 0.25) is 0 Å². The molecule has 0 fully saturated rings. The predicted molar refractivity (Wildman–Crippen MR) is 117 cm³/mol. The summed E-state index contributed by atoms with van der Waals surface area (Å²) in [5.74, 6) is -0.729. The molecule has 0 bridgehead atoms. The minimum atomic E-state index is -2.94. The summed E-state index contributed by atoms with van der Waals surface area (Å²) in [6.07, 6.45) is 1.84. The maximum absolute atomic E-state index is 14.7. The lowest BCUT2D eigenvalue weighted by Crippen LogP contribution is -2.21. The van der Waals surface area contributed by atoms with E-state index in [4.69, 9.17) is 4.74 Å². The lowest BCUT2D eigenvalue weighted by Gasteiger charge is -2.19. The fraction of sp³-hybridized carbons (Fsp3) is 0.273. The van der Waals surface area contributed by atoms with Crippen LogP contribution in [0.3, 0.4) is 0 Å². The van der Waals surface area contributed by atoms with Gasteiger partial charge in [-0.3, -0.25) is 14.0 Å². The number of nitrogens with one attached hydrogen (secondary N) is 1. The van der Waals surface area contributed by atoms with E-state index in [0.29, 0.717) is 22.2 Å². The smallest absolute Gasteiger partial charge is 0.318 e. The third-order valence-electron chi connectivity index (χ3n) is 5.34. The van der Waals surface area contributed by atoms with Crippen LogP contribution in [-0.4, -0.2) is 31.4 Å². The van der Waals surface area contributed by atoms with Crippen LogP contribution in [0.25, 0.3) is 16.6 Å². The lowest BCUT2D eigenvalue weighted by atomic mass is 10.0. The van der Waals surface area contributed by atoms with E-state index in [0.717, 1.165) is 6.07 Å². The zero-order chi connectivity index (χ0) is 23.9. The molecule has 1 atom stereocenters. The van der Waals surface area contributed by atoms with Gasteiger partial charge in [0, 0.05) is 30.6 Å². The molecule has 11 heteroatoms. The molecule has 0 radical (unpaired) electrons. The second kappa shape index (κ2) is 8.57. The first-order valence-corrected chi connectivity index (χ1v) is 10.0. The Labute approximate surface area is 186 Å². The number of aromatic nitrogens is 5. The quantitative estimate of drug-likeness (QED) is 0.469. The molecule has 1 aromatic carbocycles. The van der Waals surface area contributed by atoms with Crippen molar-refractivity contribution in [2.24, 2.45) is 7.05 Å². The molecule has 0 unspecified atom stereocenters. The van der Waals surface area contributed by atoms with Gasteiger partial charge in [0.1, 0.15) is 11.6 Å². The summed E-state index contributed by atoms with van der Waals surface area (Å²) in [4.78, 5) is 21.6. The minimum absolute atomic E-state index is 0.000584. The number of alkyl halides is 2. The number of rotatable bonds is 6. The fourth-order valence-electron chi connectivity index (χ4n) is 3.61. The Bertz CT molecular complexity index is 1400. The number of pyridine rings is 1. The number of hydrogen-bond acceptors (Lipinski definition) is 6. The number of fused-ring (bicyclic) bond motifs is 1. The first kappa shape index (κ1) is 22.3. The molecular weight excluding hydrogens is 437 g/mol. The number of aryl methyl sites for hydroxylation is 2. The van der Waals surface area contributed by atoms with E-state index in [1.807, 2.05) is 0 Å². The Morgan fingerprint density at radius 1 is 1.15 bits per heavy atom. The SMILES string of the molecule is COc1nc(N[C@H](C)c2cccc(C(F)F)c2F)c2cn(-c3cnn(C)c3)c(=O)c(C)c2n1. The molecule has 4 aromatic rings. The number of halogens is 3. The topological polar surface area (TPSA) is 86.9 Å². The van der Waals surface area contributed by atoms with Gasteiger partial charge in [-0.15, -0.1) is 0 Å². The second-order valence-corrected chi connectivity index (χ2v) is 7.54. The van der Waals surface area contributed by atoms with Gasteiger partial charge in [0.25, 0.3) is 12.0 Å². The largest absolute Gasteiger partial charge is 0.467 e. The summed E-state index contributed by atoms with van der Waals surface area (Å²) in [5.41, 5.74) is 0.314. The molecule has 172 valence electrons. The number of benzene rings is 1. The Kier molecular flexibility index (Phi) is 5.79. The van der Waals surface area contributed by atoms with E-state index >= 15 is 0 Å². The van der Waals surface area contributed by atoms with Gasteiger partial charge in [0.2, 0.25) is 0 Å². The van der Waals surface area contributed by atoms with Crippen molar-refractivity contribution >= 4 is 16.7 Å². The highest BCUT2D eigenvalue weighted by Crippen LogP contribution is 2.31. The van der Waals surface area contributed by atoms with Gasteiger partial charge < -0.3 is 10.1 Å². The van der Waals surface area contributed by atoms with Crippen molar-refractivity contribution in [2.45, 2.75) is 26.3 Å². The molecule has 0 spiro atoms. The lowest BCUT2D eigenvalue weighted by molar-refractivity contribution is 0.146. The number of methoxy groups -OCH3 is 1. The van der Waals surface area contributed by atoms with E-state index in [9.17, 15) is 18.0 Å². The number of ether oxygens (including phenoxy) is 1. The molecule has 33 heavy (non-hydrogen) atoms. The van der Waals surface area contributed by atoms with Crippen LogP contribution in [0.5, 0.6) is 6.01 Å². The van der Waals surface area contributed by atoms with Gasteiger partial charge in [0.15, 0.2) is 0 Å². The maximum Gasteiger partial charge on any atom is 0.318 e. The third kappa shape index (κ3) is 4.01. The average Bonchev–Trinajstić information content (AvgIpc) is 3.22.